The Morgan fingerprint density at radius 1 is 1.02 bits per heavy atom. The van der Waals surface area contributed by atoms with Crippen LogP contribution in [-0.4, -0.2) is 38.3 Å². The number of aromatic nitrogens is 4. The van der Waals surface area contributed by atoms with Gasteiger partial charge in [0.1, 0.15) is 12.1 Å². The normalized spacial score (nSPS) is 12.8. The van der Waals surface area contributed by atoms with Crippen LogP contribution in [0.3, 0.4) is 0 Å². The summed E-state index contributed by atoms with van der Waals surface area (Å²) in [5.74, 6) is 0.789. The van der Waals surface area contributed by atoms with Crippen LogP contribution in [0.2, 0.25) is 0 Å². The van der Waals surface area contributed by atoms with E-state index < -0.39 is 6.36 Å². The van der Waals surface area contributed by atoms with Gasteiger partial charge in [-0.3, -0.25) is 4.57 Å². The van der Waals surface area contributed by atoms with Crippen molar-refractivity contribution >= 4 is 17.4 Å². The number of nitrogens with zero attached hydrogens (tertiary/aromatic N) is 5. The number of halogens is 3. The lowest BCUT2D eigenvalue weighted by Gasteiger charge is -2.17. The van der Waals surface area contributed by atoms with Gasteiger partial charge in [0.25, 0.3) is 0 Å². The number of hydrogen-bond donors (Lipinski definition) is 1. The number of carbonyl (C=O) groups excluding carboxylic acids is 1. The van der Waals surface area contributed by atoms with Crippen LogP contribution in [-0.2, 0) is 0 Å². The highest BCUT2D eigenvalue weighted by Gasteiger charge is 2.31. The fourth-order valence-corrected chi connectivity index (χ4v) is 6.42. The Hall–Kier alpha value is -4.71. The van der Waals surface area contributed by atoms with E-state index in [4.69, 9.17) is 0 Å². The quantitative estimate of drug-likeness (QED) is 0.152. The Morgan fingerprint density at radius 3 is 2.43 bits per heavy atom. The molecule has 0 fully saturated rings. The Kier molecular flexibility index (Phi) is 10.3. The highest BCUT2D eigenvalue weighted by Crippen LogP contribution is 2.28. The van der Waals surface area contributed by atoms with E-state index in [0.717, 1.165) is 35.3 Å². The molecule has 0 spiro atoms. The molecule has 5 aromatic rings. The van der Waals surface area contributed by atoms with Crippen LogP contribution in [0.5, 0.6) is 5.75 Å². The molecule has 0 radical (unpaired) electrons. The zero-order valence-electron chi connectivity index (χ0n) is 26.9. The molecule has 2 aromatic heterocycles. The van der Waals surface area contributed by atoms with Crippen molar-refractivity contribution in [2.45, 2.75) is 65.7 Å². The molecular weight excluding hydrogens is 625 g/mol. The summed E-state index contributed by atoms with van der Waals surface area (Å²) in [6.07, 6.45) is -1.57. The lowest BCUT2D eigenvalue weighted by molar-refractivity contribution is -0.274. The fraction of sp³-hybridized carbons (Fsp3) is 0.314. The van der Waals surface area contributed by atoms with Gasteiger partial charge in [-0.05, 0) is 85.5 Å². The minimum absolute atomic E-state index is 0.263. The maximum absolute atomic E-state index is 12.8. The Morgan fingerprint density at radius 2 is 1.74 bits per heavy atom. The van der Waals surface area contributed by atoms with E-state index in [1.165, 1.54) is 57.7 Å². The number of nitrogens with one attached hydrogen (secondary N) is 1. The number of ether oxygens (including phenoxy) is 1. The first-order valence-corrected chi connectivity index (χ1v) is 16.3. The van der Waals surface area contributed by atoms with Crippen molar-refractivity contribution in [1.29, 1.82) is 0 Å². The van der Waals surface area contributed by atoms with Crippen molar-refractivity contribution in [3.05, 3.63) is 106 Å². The summed E-state index contributed by atoms with van der Waals surface area (Å²) >= 11 is 1.46. The molecule has 12 heteroatoms. The fourth-order valence-electron chi connectivity index (χ4n) is 5.55. The van der Waals surface area contributed by atoms with Gasteiger partial charge < -0.3 is 10.1 Å². The number of urea groups is 1. The summed E-state index contributed by atoms with van der Waals surface area (Å²) < 4.78 is 44.8. The van der Waals surface area contributed by atoms with Crippen LogP contribution in [0.15, 0.2) is 83.4 Å². The Bertz CT molecular complexity index is 1890. The largest absolute Gasteiger partial charge is 0.573 e. The zero-order valence-corrected chi connectivity index (χ0v) is 27.7. The first-order valence-electron chi connectivity index (χ1n) is 15.4. The van der Waals surface area contributed by atoms with Gasteiger partial charge in [0.15, 0.2) is 10.6 Å². The van der Waals surface area contributed by atoms with E-state index in [1.807, 2.05) is 42.6 Å². The van der Waals surface area contributed by atoms with Crippen LogP contribution in [0.1, 0.15) is 67.8 Å². The van der Waals surface area contributed by atoms with Gasteiger partial charge in [-0.2, -0.15) is 4.99 Å². The van der Waals surface area contributed by atoms with Gasteiger partial charge in [0.2, 0.25) is 0 Å². The minimum atomic E-state index is -4.74. The monoisotopic (exact) mass is 662 g/mol. The molecule has 0 saturated carbocycles. The molecule has 5 rings (SSSR count). The molecule has 3 aromatic carbocycles. The number of thiazole rings is 1. The molecule has 8 nitrogen and oxygen atoms in total. The molecule has 1 atom stereocenters. The number of aryl methyl sites for hydroxylation is 2. The van der Waals surface area contributed by atoms with Gasteiger partial charge >= 0.3 is 12.4 Å². The second kappa shape index (κ2) is 14.4. The third-order valence-electron chi connectivity index (χ3n) is 7.85. The first kappa shape index (κ1) is 33.6. The van der Waals surface area contributed by atoms with Crippen molar-refractivity contribution in [3.63, 3.8) is 0 Å². The number of hydrogen-bond acceptors (Lipinski definition) is 5. The number of rotatable bonds is 10. The second-order valence-electron chi connectivity index (χ2n) is 11.7. The molecule has 47 heavy (non-hydrogen) atoms. The van der Waals surface area contributed by atoms with E-state index in [0.29, 0.717) is 28.8 Å². The second-order valence-corrected chi connectivity index (χ2v) is 12.6. The van der Waals surface area contributed by atoms with Gasteiger partial charge in [0, 0.05) is 23.2 Å². The molecule has 2 amide bonds. The predicted molar refractivity (Wildman–Crippen MR) is 177 cm³/mol. The molecule has 0 bridgehead atoms. The summed E-state index contributed by atoms with van der Waals surface area (Å²) in [7, 11) is 0. The van der Waals surface area contributed by atoms with Crippen molar-refractivity contribution in [1.82, 2.24) is 24.6 Å². The maximum Gasteiger partial charge on any atom is 0.573 e. The van der Waals surface area contributed by atoms with Gasteiger partial charge in [-0.1, -0.05) is 57.2 Å². The summed E-state index contributed by atoms with van der Waals surface area (Å²) in [4.78, 5) is 22.2. The number of amides is 2. The summed E-state index contributed by atoms with van der Waals surface area (Å²) in [6.45, 7) is 11.1. The van der Waals surface area contributed by atoms with Crippen LogP contribution in [0.25, 0.3) is 22.8 Å². The SMILES string of the molecule is Cc1cccc(-n2c(C)csc2=NC(=O)NCCCC(C)c2ccc(-c3ncn(-c4ccc(OC(F)(F)F)cc4)n3)cc2)c1C(C)C. The lowest BCUT2D eigenvalue weighted by Crippen LogP contribution is -2.26. The molecule has 0 aliphatic carbocycles. The number of carbonyl (C=O) groups is 1. The van der Waals surface area contributed by atoms with E-state index in [-0.39, 0.29) is 17.7 Å². The highest BCUT2D eigenvalue weighted by atomic mass is 32.1. The third kappa shape index (κ3) is 8.37. The smallest absolute Gasteiger partial charge is 0.406 e. The van der Waals surface area contributed by atoms with E-state index in [2.05, 4.69) is 69.5 Å². The Labute approximate surface area is 275 Å². The Balaban J connectivity index is 1.15. The van der Waals surface area contributed by atoms with E-state index in [9.17, 15) is 18.0 Å². The van der Waals surface area contributed by atoms with Gasteiger partial charge in [-0.25, -0.2) is 14.5 Å². The summed E-state index contributed by atoms with van der Waals surface area (Å²) in [5.41, 5.74) is 7.08. The maximum atomic E-state index is 12.8. The minimum Gasteiger partial charge on any atom is -0.406 e. The van der Waals surface area contributed by atoms with Gasteiger partial charge in [0.05, 0.1) is 11.4 Å². The zero-order chi connectivity index (χ0) is 33.7. The molecule has 0 aliphatic heterocycles. The topological polar surface area (TPSA) is 86.3 Å². The molecule has 1 N–H and O–H groups in total. The third-order valence-corrected chi connectivity index (χ3v) is 8.79. The van der Waals surface area contributed by atoms with Crippen LogP contribution < -0.4 is 14.9 Å². The van der Waals surface area contributed by atoms with Crippen molar-refractivity contribution < 1.29 is 22.7 Å². The summed E-state index contributed by atoms with van der Waals surface area (Å²) in [5, 5.41) is 9.43. The molecular formula is C35H37F3N6O2S. The molecule has 0 aliphatic rings. The lowest BCUT2D eigenvalue weighted by atomic mass is 9.95. The van der Waals surface area contributed by atoms with Crippen LogP contribution in [0.4, 0.5) is 18.0 Å². The number of benzene rings is 3. The van der Waals surface area contributed by atoms with Crippen molar-refractivity contribution in [2.75, 3.05) is 6.54 Å². The summed E-state index contributed by atoms with van der Waals surface area (Å²) in [6, 6.07) is 19.3. The standard InChI is InChI=1S/C35H37F3N6O2S/c1-22(2)31-24(4)8-6-10-30(31)44-25(5)20-47-34(44)41-33(45)39-19-7-9-23(3)26-11-13-27(14-12-26)32-40-21-43(42-32)28-15-17-29(18-16-28)46-35(36,37)38/h6,8,10-18,20-23H,7,9,19H2,1-5H3,(H,39,45). The van der Waals surface area contributed by atoms with Crippen molar-refractivity contribution in [2.24, 2.45) is 4.99 Å². The highest BCUT2D eigenvalue weighted by molar-refractivity contribution is 7.07. The van der Waals surface area contributed by atoms with Gasteiger partial charge in [-0.15, -0.1) is 29.6 Å². The average molecular weight is 663 g/mol. The predicted octanol–water partition coefficient (Wildman–Crippen LogP) is 8.62. The van der Waals surface area contributed by atoms with E-state index >= 15 is 0 Å². The van der Waals surface area contributed by atoms with Crippen molar-refractivity contribution in [3.8, 4) is 28.5 Å². The molecule has 246 valence electrons. The first-order chi connectivity index (χ1) is 22.4. The van der Waals surface area contributed by atoms with E-state index in [1.54, 1.807) is 0 Å². The molecule has 1 unspecified atom stereocenters. The number of alkyl halides is 3. The van der Waals surface area contributed by atoms with Crippen LogP contribution in [0, 0.1) is 13.8 Å². The average Bonchev–Trinajstić information content (AvgIpc) is 3.65. The molecule has 0 saturated heterocycles. The molecule has 2 heterocycles. The van der Waals surface area contributed by atoms with Crippen LogP contribution >= 0.6 is 11.3 Å².